The van der Waals surface area contributed by atoms with Crippen molar-refractivity contribution in [1.29, 1.82) is 0 Å². The Bertz CT molecular complexity index is 444. The first-order valence-corrected chi connectivity index (χ1v) is 6.56. The van der Waals surface area contributed by atoms with Crippen LogP contribution in [0.4, 0.5) is 8.78 Å². The first-order valence-electron chi connectivity index (χ1n) is 5.77. The number of hydrazine groups is 1. The van der Waals surface area contributed by atoms with Crippen LogP contribution < -0.4 is 11.3 Å². The fourth-order valence-corrected chi connectivity index (χ4v) is 2.66. The van der Waals surface area contributed by atoms with Crippen LogP contribution in [0.25, 0.3) is 0 Å². The van der Waals surface area contributed by atoms with Crippen LogP contribution in [0.5, 0.6) is 0 Å². The van der Waals surface area contributed by atoms with Crippen molar-refractivity contribution in [2.24, 2.45) is 11.8 Å². The van der Waals surface area contributed by atoms with E-state index in [-0.39, 0.29) is 22.1 Å². The third-order valence-electron chi connectivity index (χ3n) is 3.34. The van der Waals surface area contributed by atoms with E-state index in [0.29, 0.717) is 6.61 Å². The van der Waals surface area contributed by atoms with Gasteiger partial charge in [0.05, 0.1) is 16.6 Å². The van der Waals surface area contributed by atoms with Gasteiger partial charge in [-0.25, -0.2) is 8.78 Å². The predicted octanol–water partition coefficient (Wildman–Crippen LogP) is 2.66. The number of rotatable bonds is 3. The molecular formula is C12H15BrF2N2O. The highest BCUT2D eigenvalue weighted by Gasteiger charge is 2.35. The van der Waals surface area contributed by atoms with Gasteiger partial charge >= 0.3 is 0 Å². The molecule has 3 nitrogen and oxygen atoms in total. The minimum Gasteiger partial charge on any atom is -0.376 e. The summed E-state index contributed by atoms with van der Waals surface area (Å²) in [7, 11) is 0. The van der Waals surface area contributed by atoms with Gasteiger partial charge in [-0.15, -0.1) is 0 Å². The molecule has 100 valence electrons. The van der Waals surface area contributed by atoms with Crippen LogP contribution in [0.3, 0.4) is 0 Å². The molecule has 18 heavy (non-hydrogen) atoms. The smallest absolute Gasteiger partial charge is 0.145 e. The predicted molar refractivity (Wildman–Crippen MR) is 67.6 cm³/mol. The lowest BCUT2D eigenvalue weighted by Crippen LogP contribution is -2.39. The van der Waals surface area contributed by atoms with Crippen molar-refractivity contribution in [3.63, 3.8) is 0 Å². The maximum absolute atomic E-state index is 14.0. The molecule has 3 unspecified atom stereocenters. The van der Waals surface area contributed by atoms with Crippen LogP contribution in [0.2, 0.25) is 0 Å². The molecule has 1 aromatic carbocycles. The molecule has 1 saturated heterocycles. The van der Waals surface area contributed by atoms with Crippen molar-refractivity contribution in [1.82, 2.24) is 5.43 Å². The quantitative estimate of drug-likeness (QED) is 0.511. The van der Waals surface area contributed by atoms with Crippen molar-refractivity contribution in [3.8, 4) is 0 Å². The monoisotopic (exact) mass is 320 g/mol. The van der Waals surface area contributed by atoms with Gasteiger partial charge in [0.15, 0.2) is 0 Å². The Balaban J connectivity index is 2.41. The molecule has 3 N–H and O–H groups in total. The van der Waals surface area contributed by atoms with Gasteiger partial charge in [-0.2, -0.15) is 0 Å². The van der Waals surface area contributed by atoms with Crippen LogP contribution in [0.15, 0.2) is 16.6 Å². The zero-order valence-electron chi connectivity index (χ0n) is 9.92. The van der Waals surface area contributed by atoms with Crippen molar-refractivity contribution in [3.05, 3.63) is 33.8 Å². The van der Waals surface area contributed by atoms with Crippen molar-refractivity contribution >= 4 is 15.9 Å². The lowest BCUT2D eigenvalue weighted by atomic mass is 9.92. The second-order valence-electron chi connectivity index (χ2n) is 4.50. The first-order chi connectivity index (χ1) is 8.56. The second-order valence-corrected chi connectivity index (χ2v) is 5.36. The van der Waals surface area contributed by atoms with Crippen molar-refractivity contribution in [2.75, 3.05) is 6.61 Å². The number of ether oxygens (including phenoxy) is 1. The molecule has 1 aliphatic heterocycles. The second kappa shape index (κ2) is 5.61. The van der Waals surface area contributed by atoms with Crippen LogP contribution >= 0.6 is 15.9 Å². The van der Waals surface area contributed by atoms with Crippen LogP contribution in [-0.2, 0) is 4.74 Å². The molecule has 1 fully saturated rings. The Hall–Kier alpha value is -0.560. The maximum Gasteiger partial charge on any atom is 0.145 e. The Morgan fingerprint density at radius 3 is 2.78 bits per heavy atom. The van der Waals surface area contributed by atoms with E-state index in [1.165, 1.54) is 12.1 Å². The molecule has 1 heterocycles. The average molecular weight is 321 g/mol. The topological polar surface area (TPSA) is 47.3 Å². The summed E-state index contributed by atoms with van der Waals surface area (Å²) < 4.78 is 33.6. The summed E-state index contributed by atoms with van der Waals surface area (Å²) in [6.07, 6.45) is 0.536. The van der Waals surface area contributed by atoms with E-state index in [1.54, 1.807) is 0 Å². The minimum absolute atomic E-state index is 0.0781. The summed E-state index contributed by atoms with van der Waals surface area (Å²) in [6, 6.07) is 1.85. The normalized spacial score (nSPS) is 25.4. The summed E-state index contributed by atoms with van der Waals surface area (Å²) >= 11 is 3.05. The lowest BCUT2D eigenvalue weighted by Gasteiger charge is -2.26. The van der Waals surface area contributed by atoms with E-state index < -0.39 is 17.7 Å². The molecule has 1 aliphatic rings. The maximum atomic E-state index is 14.0. The fourth-order valence-electron chi connectivity index (χ4n) is 2.31. The van der Waals surface area contributed by atoms with E-state index in [1.807, 2.05) is 6.92 Å². The van der Waals surface area contributed by atoms with Crippen molar-refractivity contribution < 1.29 is 13.5 Å². The summed E-state index contributed by atoms with van der Waals surface area (Å²) in [4.78, 5) is 0. The number of halogens is 3. The lowest BCUT2D eigenvalue weighted by molar-refractivity contribution is 0.0583. The average Bonchev–Trinajstić information content (AvgIpc) is 2.76. The molecule has 0 saturated carbocycles. The number of nitrogens with two attached hydrogens (primary N) is 1. The van der Waals surface area contributed by atoms with Crippen LogP contribution in [-0.4, -0.2) is 12.7 Å². The van der Waals surface area contributed by atoms with Gasteiger partial charge in [0, 0.05) is 12.2 Å². The Labute approximate surface area is 113 Å². The van der Waals surface area contributed by atoms with E-state index in [4.69, 9.17) is 10.6 Å². The van der Waals surface area contributed by atoms with Crippen LogP contribution in [0, 0.1) is 17.6 Å². The van der Waals surface area contributed by atoms with Gasteiger partial charge in [-0.3, -0.25) is 11.3 Å². The summed E-state index contributed by atoms with van der Waals surface area (Å²) in [5, 5.41) is 0. The third kappa shape index (κ3) is 2.42. The summed E-state index contributed by atoms with van der Waals surface area (Å²) in [5.41, 5.74) is 2.40. The van der Waals surface area contributed by atoms with Gasteiger partial charge in [0.2, 0.25) is 0 Å². The zero-order chi connectivity index (χ0) is 13.3. The summed E-state index contributed by atoms with van der Waals surface area (Å²) in [5.74, 6) is 4.39. The molecule has 6 heteroatoms. The highest BCUT2D eigenvalue weighted by Crippen LogP contribution is 2.35. The molecule has 2 rings (SSSR count). The van der Waals surface area contributed by atoms with Crippen LogP contribution in [0.1, 0.15) is 24.9 Å². The van der Waals surface area contributed by atoms with Crippen molar-refractivity contribution in [2.45, 2.75) is 25.5 Å². The standard InChI is InChI=1S/C12H15BrF2N2O/c1-6-4-5-18-12(6)11(17-16)9-8(14)3-2-7(13)10(9)15/h2-3,6,11-12,17H,4-5,16H2,1H3. The fraction of sp³-hybridized carbons (Fsp3) is 0.500. The molecule has 1 aromatic rings. The molecule has 0 aliphatic carbocycles. The molecule has 0 radical (unpaired) electrons. The summed E-state index contributed by atoms with van der Waals surface area (Å²) in [6.45, 7) is 2.57. The van der Waals surface area contributed by atoms with Gasteiger partial charge < -0.3 is 4.74 Å². The SMILES string of the molecule is CC1CCOC1C(NN)c1c(F)ccc(Br)c1F. The third-order valence-corrected chi connectivity index (χ3v) is 3.96. The first kappa shape index (κ1) is 13.9. The van der Waals surface area contributed by atoms with E-state index in [2.05, 4.69) is 21.4 Å². The Morgan fingerprint density at radius 2 is 2.22 bits per heavy atom. The molecular weight excluding hydrogens is 306 g/mol. The van der Waals surface area contributed by atoms with Gasteiger partial charge in [0.25, 0.3) is 0 Å². The number of nitrogens with one attached hydrogen (secondary N) is 1. The highest BCUT2D eigenvalue weighted by molar-refractivity contribution is 9.10. The Kier molecular flexibility index (Phi) is 4.32. The zero-order valence-corrected chi connectivity index (χ0v) is 11.5. The molecule has 0 amide bonds. The molecule has 0 bridgehead atoms. The van der Waals surface area contributed by atoms with Gasteiger partial charge in [-0.05, 0) is 40.4 Å². The number of hydrogen-bond acceptors (Lipinski definition) is 3. The van der Waals surface area contributed by atoms with E-state index in [0.717, 1.165) is 6.42 Å². The van der Waals surface area contributed by atoms with Gasteiger partial charge in [-0.1, -0.05) is 6.92 Å². The molecule has 0 aromatic heterocycles. The number of benzene rings is 1. The molecule has 3 atom stereocenters. The van der Waals surface area contributed by atoms with E-state index >= 15 is 0 Å². The Morgan fingerprint density at radius 1 is 1.50 bits per heavy atom. The molecule has 0 spiro atoms. The van der Waals surface area contributed by atoms with E-state index in [9.17, 15) is 8.78 Å². The highest BCUT2D eigenvalue weighted by atomic mass is 79.9. The minimum atomic E-state index is -0.694. The number of hydrogen-bond donors (Lipinski definition) is 2. The largest absolute Gasteiger partial charge is 0.376 e. The van der Waals surface area contributed by atoms with Gasteiger partial charge in [0.1, 0.15) is 11.6 Å².